The van der Waals surface area contributed by atoms with Crippen LogP contribution in [-0.2, 0) is 22.7 Å². The molecule has 21 heavy (non-hydrogen) atoms. The van der Waals surface area contributed by atoms with Gasteiger partial charge < -0.3 is 10.2 Å². The zero-order chi connectivity index (χ0) is 15.4. The molecule has 0 radical (unpaired) electrons. The molecule has 2 rings (SSSR count). The molecule has 0 bridgehead atoms. The maximum atomic E-state index is 12.5. The Morgan fingerprint density at radius 3 is 2.86 bits per heavy atom. The Morgan fingerprint density at radius 2 is 2.19 bits per heavy atom. The van der Waals surface area contributed by atoms with E-state index in [4.69, 9.17) is 0 Å². The molecule has 0 aliphatic carbocycles. The van der Waals surface area contributed by atoms with E-state index in [9.17, 15) is 9.59 Å². The number of nitrogens with one attached hydrogen (secondary N) is 1. The lowest BCUT2D eigenvalue weighted by Crippen LogP contribution is -2.59. The Morgan fingerprint density at radius 1 is 1.43 bits per heavy atom. The van der Waals surface area contributed by atoms with Crippen LogP contribution in [0, 0.1) is 5.92 Å². The molecule has 1 aromatic heterocycles. The number of amides is 2. The summed E-state index contributed by atoms with van der Waals surface area (Å²) in [5.41, 5.74) is 0. The fourth-order valence-corrected chi connectivity index (χ4v) is 2.46. The van der Waals surface area contributed by atoms with Gasteiger partial charge in [0.2, 0.25) is 11.8 Å². The molecular formula is C14H23N5O2. The third-order valence-electron chi connectivity index (χ3n) is 3.91. The van der Waals surface area contributed by atoms with E-state index in [2.05, 4.69) is 22.3 Å². The zero-order valence-corrected chi connectivity index (χ0v) is 12.9. The van der Waals surface area contributed by atoms with Crippen molar-refractivity contribution in [3.63, 3.8) is 0 Å². The molecule has 0 spiro atoms. The Bertz CT molecular complexity index is 513. The monoisotopic (exact) mass is 293 g/mol. The molecule has 116 valence electrons. The van der Waals surface area contributed by atoms with Gasteiger partial charge in [-0.1, -0.05) is 27.2 Å². The molecule has 1 saturated heterocycles. The Labute approximate surface area is 124 Å². The van der Waals surface area contributed by atoms with Gasteiger partial charge in [0.15, 0.2) is 0 Å². The summed E-state index contributed by atoms with van der Waals surface area (Å²) in [4.78, 5) is 30.1. The van der Waals surface area contributed by atoms with Crippen LogP contribution in [-0.4, -0.2) is 44.1 Å². The van der Waals surface area contributed by atoms with Gasteiger partial charge in [0.05, 0.1) is 6.54 Å². The number of carbonyl (C=O) groups is 2. The molecule has 1 aliphatic rings. The summed E-state index contributed by atoms with van der Waals surface area (Å²) < 4.78 is 1.79. The third kappa shape index (κ3) is 3.40. The summed E-state index contributed by atoms with van der Waals surface area (Å²) in [5.74, 6) is 0.706. The van der Waals surface area contributed by atoms with Crippen molar-refractivity contribution in [2.24, 2.45) is 5.92 Å². The van der Waals surface area contributed by atoms with Crippen molar-refractivity contribution in [2.75, 3.05) is 6.54 Å². The summed E-state index contributed by atoms with van der Waals surface area (Å²) in [7, 11) is 0. The Kier molecular flexibility index (Phi) is 4.93. The highest BCUT2D eigenvalue weighted by Gasteiger charge is 2.35. The van der Waals surface area contributed by atoms with Crippen molar-refractivity contribution in [1.29, 1.82) is 0 Å². The van der Waals surface area contributed by atoms with Crippen molar-refractivity contribution in [3.05, 3.63) is 12.2 Å². The highest BCUT2D eigenvalue weighted by atomic mass is 16.2. The van der Waals surface area contributed by atoms with E-state index < -0.39 is 6.04 Å². The van der Waals surface area contributed by atoms with Gasteiger partial charge in [0.1, 0.15) is 24.7 Å². The highest BCUT2D eigenvalue weighted by molar-refractivity contribution is 5.94. The molecule has 1 aliphatic heterocycles. The molecule has 2 atom stereocenters. The van der Waals surface area contributed by atoms with Crippen LogP contribution in [0.4, 0.5) is 0 Å². The molecule has 2 heterocycles. The van der Waals surface area contributed by atoms with Gasteiger partial charge in [-0.25, -0.2) is 9.67 Å². The van der Waals surface area contributed by atoms with Crippen LogP contribution in [0.2, 0.25) is 0 Å². The van der Waals surface area contributed by atoms with E-state index in [1.165, 1.54) is 6.33 Å². The van der Waals surface area contributed by atoms with Crippen molar-refractivity contribution in [3.8, 4) is 0 Å². The van der Waals surface area contributed by atoms with Crippen molar-refractivity contribution < 1.29 is 9.59 Å². The number of carbonyl (C=O) groups excluding carboxylic acids is 2. The van der Waals surface area contributed by atoms with E-state index in [1.54, 1.807) is 9.58 Å². The van der Waals surface area contributed by atoms with Crippen LogP contribution in [0.25, 0.3) is 0 Å². The summed E-state index contributed by atoms with van der Waals surface area (Å²) in [6.07, 6.45) is 3.28. The molecular weight excluding hydrogens is 270 g/mol. The molecule has 0 aromatic carbocycles. The third-order valence-corrected chi connectivity index (χ3v) is 3.91. The van der Waals surface area contributed by atoms with Crippen molar-refractivity contribution in [1.82, 2.24) is 25.0 Å². The van der Waals surface area contributed by atoms with Crippen LogP contribution in [0.3, 0.4) is 0 Å². The quantitative estimate of drug-likeness (QED) is 0.831. The summed E-state index contributed by atoms with van der Waals surface area (Å²) in [6, 6.07) is -0.432. The smallest absolute Gasteiger partial charge is 0.246 e. The lowest BCUT2D eigenvalue weighted by molar-refractivity contribution is -0.146. The van der Waals surface area contributed by atoms with Gasteiger partial charge in [0, 0.05) is 6.54 Å². The molecule has 1 aromatic rings. The highest BCUT2D eigenvalue weighted by Crippen LogP contribution is 2.16. The molecule has 0 saturated carbocycles. The maximum Gasteiger partial charge on any atom is 0.246 e. The van der Waals surface area contributed by atoms with Crippen LogP contribution >= 0.6 is 0 Å². The summed E-state index contributed by atoms with van der Waals surface area (Å²) in [6.45, 7) is 7.24. The fourth-order valence-electron chi connectivity index (χ4n) is 2.46. The first-order valence-electron chi connectivity index (χ1n) is 7.51. The first-order valence-corrected chi connectivity index (χ1v) is 7.51. The number of hydrogen-bond donors (Lipinski definition) is 1. The van der Waals surface area contributed by atoms with Crippen LogP contribution in [0.15, 0.2) is 6.33 Å². The van der Waals surface area contributed by atoms with Gasteiger partial charge in [-0.15, -0.1) is 0 Å². The van der Waals surface area contributed by atoms with Gasteiger partial charge >= 0.3 is 0 Å². The van der Waals surface area contributed by atoms with E-state index in [0.29, 0.717) is 6.54 Å². The fraction of sp³-hybridized carbons (Fsp3) is 0.714. The predicted molar refractivity (Wildman–Crippen MR) is 77.1 cm³/mol. The van der Waals surface area contributed by atoms with Crippen LogP contribution < -0.4 is 5.32 Å². The van der Waals surface area contributed by atoms with E-state index >= 15 is 0 Å². The van der Waals surface area contributed by atoms with Gasteiger partial charge in [-0.05, 0) is 12.3 Å². The number of aryl methyl sites for hydroxylation is 1. The second-order valence-electron chi connectivity index (χ2n) is 5.52. The maximum absolute atomic E-state index is 12.5. The molecule has 2 amide bonds. The number of hydrogen-bond acceptors (Lipinski definition) is 4. The number of nitrogens with zero attached hydrogens (tertiary/aromatic N) is 4. The van der Waals surface area contributed by atoms with Gasteiger partial charge in [0.25, 0.3) is 0 Å². The minimum absolute atomic E-state index is 0.0324. The molecule has 1 N–H and O–H groups in total. The van der Waals surface area contributed by atoms with Crippen molar-refractivity contribution >= 4 is 11.8 Å². The number of aromatic nitrogens is 3. The van der Waals surface area contributed by atoms with Gasteiger partial charge in [-0.2, -0.15) is 5.10 Å². The van der Waals surface area contributed by atoms with Crippen molar-refractivity contribution in [2.45, 2.75) is 52.7 Å². The first-order chi connectivity index (χ1) is 10.1. The largest absolute Gasteiger partial charge is 0.342 e. The Balaban J connectivity index is 2.12. The first kappa shape index (κ1) is 15.5. The lowest BCUT2D eigenvalue weighted by atomic mass is 9.96. The number of piperazine rings is 1. The second kappa shape index (κ2) is 6.69. The number of rotatable bonds is 6. The summed E-state index contributed by atoms with van der Waals surface area (Å²) in [5, 5.41) is 6.95. The average molecular weight is 293 g/mol. The molecule has 7 nitrogen and oxygen atoms in total. The van der Waals surface area contributed by atoms with E-state index in [0.717, 1.165) is 25.2 Å². The predicted octanol–water partition coefficient (Wildman–Crippen LogP) is 0.561. The van der Waals surface area contributed by atoms with E-state index in [-0.39, 0.29) is 24.3 Å². The molecule has 2 unspecified atom stereocenters. The minimum atomic E-state index is -0.432. The molecule has 7 heteroatoms. The topological polar surface area (TPSA) is 80.1 Å². The molecule has 1 fully saturated rings. The Hall–Kier alpha value is -1.92. The van der Waals surface area contributed by atoms with Crippen LogP contribution in [0.1, 0.15) is 39.4 Å². The SMILES string of the molecule is CCCn1ncnc1CN1CC(=O)NC(C(C)CC)C1=O. The average Bonchev–Trinajstić information content (AvgIpc) is 2.89. The zero-order valence-electron chi connectivity index (χ0n) is 12.9. The summed E-state index contributed by atoms with van der Waals surface area (Å²) >= 11 is 0. The second-order valence-corrected chi connectivity index (χ2v) is 5.52. The van der Waals surface area contributed by atoms with E-state index in [1.807, 2.05) is 13.8 Å². The normalized spacial score (nSPS) is 20.5. The minimum Gasteiger partial charge on any atom is -0.342 e. The van der Waals surface area contributed by atoms with Crippen LogP contribution in [0.5, 0.6) is 0 Å². The lowest BCUT2D eigenvalue weighted by Gasteiger charge is -2.34. The van der Waals surface area contributed by atoms with Gasteiger partial charge in [-0.3, -0.25) is 9.59 Å². The standard InChI is InChI=1S/C14H23N5O2/c1-4-6-19-11(15-9-16-19)7-18-8-12(20)17-13(14(18)21)10(3)5-2/h9-10,13H,4-8H2,1-3H3,(H,17,20).